The average molecular weight is 1260 g/mol. The summed E-state index contributed by atoms with van der Waals surface area (Å²) < 4.78 is 71.7. The van der Waals surface area contributed by atoms with E-state index < -0.39 is 42.5 Å². The Balaban J connectivity index is 0.000000205. The van der Waals surface area contributed by atoms with Gasteiger partial charge in [0.15, 0.2) is 0 Å². The second-order valence-corrected chi connectivity index (χ2v) is 29.5. The van der Waals surface area contributed by atoms with Gasteiger partial charge in [0.1, 0.15) is 11.5 Å². The number of ether oxygens (including phenoxy) is 4. The third kappa shape index (κ3) is 15.3. The fourth-order valence-corrected chi connectivity index (χ4v) is 16.5. The molecule has 0 bridgehead atoms. The molecule has 0 radical (unpaired) electrons. The fraction of sp³-hybridized carbons (Fsp3) is 0.545. The van der Waals surface area contributed by atoms with Crippen molar-refractivity contribution in [1.82, 2.24) is 0 Å². The Morgan fingerprint density at radius 3 is 1.37 bits per heavy atom. The highest BCUT2D eigenvalue weighted by Crippen LogP contribution is 2.49. The maximum absolute atomic E-state index is 11.9. The zero-order valence-corrected chi connectivity index (χ0v) is 53.2. The number of carboxylic acids is 2. The number of nitrogens with two attached hydrogens (primary N) is 2. The third-order valence-corrected chi connectivity index (χ3v) is 23.0. The molecule has 2 heterocycles. The molecule has 2 fully saturated rings. The van der Waals surface area contributed by atoms with Crippen LogP contribution in [0.25, 0.3) is 0 Å². The molecule has 10 rings (SSSR count). The van der Waals surface area contributed by atoms with Crippen LogP contribution in [0, 0.1) is 23.7 Å². The standard InChI is InChI=1S/2C33H43ClN2O6S/c2*1-3-28(43(35,39)40)13-12-27(41-2)11-8-22-6-7-25(22)19-36-20-33(16-4-5-23-17-26(34)10-14-29(23)33)21-42-31-15-9-24(32(37)38)18-30(31)36/h2*8-11,14-15,17-18,22,25,27-28H,3-7,12-13,16,19-21H2,1-2H3,(H,37,38)(H2,35,39,40)/b2*11-8+/t22-,25-,27+,28+,33-;22-,25-,27-,28+,33-/m00/s1. The Morgan fingerprint density at radius 1 is 0.628 bits per heavy atom. The number of hydrogen-bond acceptors (Lipinski definition) is 12. The lowest BCUT2D eigenvalue weighted by Crippen LogP contribution is -2.48. The van der Waals surface area contributed by atoms with Crippen molar-refractivity contribution in [2.45, 2.75) is 150 Å². The number of halogens is 2. The number of primary sulfonamides is 2. The largest absolute Gasteiger partial charge is 0.490 e. The fourth-order valence-electron chi connectivity index (χ4n) is 14.2. The molecule has 0 amide bonds. The van der Waals surface area contributed by atoms with E-state index in [1.165, 1.54) is 22.3 Å². The van der Waals surface area contributed by atoms with E-state index in [4.69, 9.17) is 52.4 Å². The Labute approximate surface area is 518 Å². The number of hydrogen-bond donors (Lipinski definition) is 4. The van der Waals surface area contributed by atoms with E-state index in [0.717, 1.165) is 112 Å². The Kier molecular flexibility index (Phi) is 21.3. The van der Waals surface area contributed by atoms with Crippen molar-refractivity contribution in [3.8, 4) is 11.5 Å². The van der Waals surface area contributed by atoms with Crippen LogP contribution in [-0.2, 0) is 53.2 Å². The number of methoxy groups -OCH3 is 2. The van der Waals surface area contributed by atoms with Gasteiger partial charge < -0.3 is 39.0 Å². The first-order valence-corrected chi connectivity index (χ1v) is 34.6. The summed E-state index contributed by atoms with van der Waals surface area (Å²) >= 11 is 12.8. The number of benzene rings is 4. The minimum absolute atomic E-state index is 0.184. The summed E-state index contributed by atoms with van der Waals surface area (Å²) in [5.41, 5.74) is 6.78. The van der Waals surface area contributed by atoms with Gasteiger partial charge in [-0.05, 0) is 209 Å². The number of fused-ring (bicyclic) bond motifs is 6. The average Bonchev–Trinajstić information content (AvgIpc) is 1.49. The van der Waals surface area contributed by atoms with Gasteiger partial charge in [0.25, 0.3) is 0 Å². The zero-order chi connectivity index (χ0) is 61.6. The number of anilines is 2. The minimum Gasteiger partial charge on any atom is -0.490 e. The predicted molar refractivity (Wildman–Crippen MR) is 339 cm³/mol. The third-order valence-electron chi connectivity index (χ3n) is 19.6. The molecular formula is C66H86Cl2N4O12S2. The summed E-state index contributed by atoms with van der Waals surface area (Å²) in [5.74, 6) is 0.980. The molecule has 0 unspecified atom stereocenters. The second-order valence-electron chi connectivity index (χ2n) is 24.9. The van der Waals surface area contributed by atoms with Crippen molar-refractivity contribution in [2.24, 2.45) is 33.9 Å². The van der Waals surface area contributed by atoms with Crippen LogP contribution < -0.4 is 29.6 Å². The van der Waals surface area contributed by atoms with Crippen LogP contribution in [0.2, 0.25) is 10.0 Å². The summed E-state index contributed by atoms with van der Waals surface area (Å²) in [4.78, 5) is 28.6. The van der Waals surface area contributed by atoms with Crippen molar-refractivity contribution in [3.05, 3.63) is 141 Å². The van der Waals surface area contributed by atoms with Crippen LogP contribution >= 0.6 is 23.2 Å². The second kappa shape index (κ2) is 28.1. The van der Waals surface area contributed by atoms with E-state index in [1.54, 1.807) is 50.6 Å². The first-order valence-electron chi connectivity index (χ1n) is 30.6. The van der Waals surface area contributed by atoms with Crippen molar-refractivity contribution in [2.75, 3.05) is 63.4 Å². The normalized spacial score (nSPS) is 24.9. The molecule has 2 spiro atoms. The molecule has 2 aliphatic heterocycles. The molecule has 16 nitrogen and oxygen atoms in total. The molecule has 6 aliphatic rings. The molecule has 0 saturated heterocycles. The Bertz CT molecular complexity index is 3150. The molecule has 4 aromatic carbocycles. The minimum atomic E-state index is -3.58. The SMILES string of the molecule is CC[C@H](CC[C@@H](/C=C/[C@@H]1CC[C@H]1CN1C[C@@]2(CCCc3cc(Cl)ccc32)COc2ccc(C(=O)O)cc21)OC)S(N)(=O)=O.CC[C@H](CC[C@H](/C=C/[C@@H]1CC[C@H]1CN1C[C@@]2(CCCc3cc(Cl)ccc32)COc2ccc(C(=O)O)cc21)OC)S(N)(=O)=O. The van der Waals surface area contributed by atoms with Crippen LogP contribution in [0.3, 0.4) is 0 Å². The maximum atomic E-state index is 11.9. The quantitative estimate of drug-likeness (QED) is 0.0536. The van der Waals surface area contributed by atoms with Gasteiger partial charge in [-0.25, -0.2) is 36.7 Å². The highest BCUT2D eigenvalue weighted by molar-refractivity contribution is 7.90. The number of nitrogens with zero attached hydrogens (tertiary/aromatic N) is 2. The van der Waals surface area contributed by atoms with E-state index in [-0.39, 0.29) is 34.2 Å². The molecule has 0 aromatic heterocycles. The Morgan fingerprint density at radius 2 is 1.03 bits per heavy atom. The number of sulfonamides is 2. The van der Waals surface area contributed by atoms with Crippen LogP contribution in [-0.4, -0.2) is 115 Å². The maximum Gasteiger partial charge on any atom is 0.335 e. The molecule has 86 heavy (non-hydrogen) atoms. The molecular weight excluding hydrogens is 1180 g/mol. The van der Waals surface area contributed by atoms with Gasteiger partial charge in [-0.1, -0.05) is 73.5 Å². The molecule has 10 atom stereocenters. The van der Waals surface area contributed by atoms with Crippen LogP contribution in [0.5, 0.6) is 11.5 Å². The van der Waals surface area contributed by atoms with Gasteiger partial charge in [0.2, 0.25) is 20.0 Å². The van der Waals surface area contributed by atoms with E-state index in [0.29, 0.717) is 86.9 Å². The number of aryl methyl sites for hydroxylation is 2. The molecule has 4 aliphatic carbocycles. The predicted octanol–water partition coefficient (Wildman–Crippen LogP) is 11.9. The summed E-state index contributed by atoms with van der Waals surface area (Å²) in [5, 5.41) is 30.7. The Hall–Kier alpha value is -5.18. The summed E-state index contributed by atoms with van der Waals surface area (Å²) in [7, 11) is -3.86. The van der Waals surface area contributed by atoms with Gasteiger partial charge in [-0.2, -0.15) is 0 Å². The van der Waals surface area contributed by atoms with Gasteiger partial charge in [0, 0.05) is 61.3 Å². The topological polar surface area (TPSA) is 238 Å². The van der Waals surface area contributed by atoms with E-state index in [1.807, 2.05) is 26.0 Å². The number of carbonyl (C=O) groups is 2. The summed E-state index contributed by atoms with van der Waals surface area (Å²) in [6.07, 6.45) is 21.5. The number of carboxylic acid groups (broad SMARTS) is 2. The molecule has 468 valence electrons. The van der Waals surface area contributed by atoms with E-state index in [9.17, 15) is 36.6 Å². The molecule has 20 heteroatoms. The van der Waals surface area contributed by atoms with Gasteiger partial charge in [-0.3, -0.25) is 0 Å². The smallest absolute Gasteiger partial charge is 0.335 e. The number of aromatic carboxylic acids is 2. The van der Waals surface area contributed by atoms with Gasteiger partial charge >= 0.3 is 11.9 Å². The van der Waals surface area contributed by atoms with Gasteiger partial charge in [-0.15, -0.1) is 0 Å². The van der Waals surface area contributed by atoms with Crippen molar-refractivity contribution < 1.29 is 55.6 Å². The number of rotatable bonds is 22. The van der Waals surface area contributed by atoms with Crippen LogP contribution in [0.15, 0.2) is 97.1 Å². The summed E-state index contributed by atoms with van der Waals surface area (Å²) in [6.45, 7) is 7.75. The highest BCUT2D eigenvalue weighted by atomic mass is 35.5. The number of allylic oxidation sites excluding steroid dienone is 2. The van der Waals surface area contributed by atoms with Gasteiger partial charge in [0.05, 0.1) is 58.4 Å². The summed E-state index contributed by atoms with van der Waals surface area (Å²) in [6, 6.07) is 22.7. The lowest BCUT2D eigenvalue weighted by molar-refractivity contribution is 0.0686. The van der Waals surface area contributed by atoms with Crippen LogP contribution in [0.1, 0.15) is 147 Å². The highest BCUT2D eigenvalue weighted by Gasteiger charge is 2.45. The monoisotopic (exact) mass is 1260 g/mol. The lowest BCUT2D eigenvalue weighted by Gasteiger charge is -2.44. The molecule has 6 N–H and O–H groups in total. The van der Waals surface area contributed by atoms with Crippen LogP contribution in [0.4, 0.5) is 11.4 Å². The first kappa shape index (κ1) is 65.3. The lowest BCUT2D eigenvalue weighted by atomic mass is 9.69. The van der Waals surface area contributed by atoms with Crippen molar-refractivity contribution >= 4 is 66.6 Å². The van der Waals surface area contributed by atoms with Crippen molar-refractivity contribution in [1.29, 1.82) is 0 Å². The molecule has 4 aromatic rings. The first-order chi connectivity index (χ1) is 41.0. The van der Waals surface area contributed by atoms with E-state index >= 15 is 0 Å². The zero-order valence-electron chi connectivity index (χ0n) is 50.0. The molecule has 2 saturated carbocycles. The van der Waals surface area contributed by atoms with Crippen molar-refractivity contribution in [3.63, 3.8) is 0 Å². The van der Waals surface area contributed by atoms with E-state index in [2.05, 4.69) is 58.4 Å².